The fourth-order valence-corrected chi connectivity index (χ4v) is 8.83. The van der Waals surface area contributed by atoms with Crippen LogP contribution in [0.1, 0.15) is 86.4 Å². The molecule has 3 aromatic heterocycles. The average Bonchev–Trinajstić information content (AvgIpc) is 3.83. The third-order valence-electron chi connectivity index (χ3n) is 10.6. The highest BCUT2D eigenvalue weighted by Gasteiger charge is 2.54. The van der Waals surface area contributed by atoms with E-state index < -0.39 is 134 Å². The van der Waals surface area contributed by atoms with E-state index >= 15 is 8.78 Å². The number of fused-ring (bicyclic) bond motifs is 2. The van der Waals surface area contributed by atoms with Gasteiger partial charge in [-0.3, -0.25) is 23.2 Å². The zero-order chi connectivity index (χ0) is 49.0. The molecule has 5 aromatic rings. The maximum absolute atomic E-state index is 15.5. The van der Waals surface area contributed by atoms with Crippen LogP contribution in [-0.2, 0) is 63.0 Å². The number of rotatable bonds is 12. The van der Waals surface area contributed by atoms with Gasteiger partial charge in [-0.1, -0.05) is 30.5 Å². The standard InChI is InChI=1S/C42H38ClF10N7O4S2/c1-7-23-18-40(46,47)37-32(23)36(42(51,52)53)56-58(37)19-31(62)55-30(16-22-14-24(44)17-25(45)15-22)34-27(9-8-26(54-34)12-13-39(3,4)65(5)63)28-10-11-29(43)33-35(28)59(20-41(48,49)50)57-38(33)60(21(2)61)66(6)64/h8-11,14-15,17,23,30H,7,16,18-20H2,1-6H3,(H,55,62)/t23-,30?,65?,66?/m0/s1. The number of alkyl halides is 8. The number of carbonyl (C=O) groups excluding carboxylic acids is 2. The van der Waals surface area contributed by atoms with Gasteiger partial charge in [0.05, 0.1) is 27.7 Å². The molecule has 1 aliphatic rings. The monoisotopic (exact) mass is 993 g/mol. The number of halogens is 11. The van der Waals surface area contributed by atoms with Crippen LogP contribution in [-0.4, -0.2) is 68.2 Å². The number of nitrogens with zero attached hydrogens (tertiary/aromatic N) is 6. The predicted molar refractivity (Wildman–Crippen MR) is 226 cm³/mol. The van der Waals surface area contributed by atoms with E-state index in [0.29, 0.717) is 15.1 Å². The average molecular weight is 994 g/mol. The van der Waals surface area contributed by atoms with Crippen LogP contribution in [0.3, 0.4) is 0 Å². The van der Waals surface area contributed by atoms with Crippen molar-refractivity contribution in [2.75, 3.05) is 16.8 Å². The minimum atomic E-state index is -5.20. The number of carbonyl (C=O) groups is 2. The maximum atomic E-state index is 15.5. The first-order valence-corrected chi connectivity index (χ1v) is 23.1. The molecule has 2 amide bonds. The van der Waals surface area contributed by atoms with Gasteiger partial charge in [-0.15, -0.1) is 0 Å². The molecule has 2 aromatic carbocycles. The lowest BCUT2D eigenvalue weighted by Crippen LogP contribution is -2.35. The zero-order valence-electron chi connectivity index (χ0n) is 35.5. The lowest BCUT2D eigenvalue weighted by molar-refractivity contribution is -0.143. The van der Waals surface area contributed by atoms with E-state index in [2.05, 4.69) is 32.3 Å². The van der Waals surface area contributed by atoms with E-state index in [4.69, 9.17) is 11.6 Å². The third kappa shape index (κ3) is 10.4. The summed E-state index contributed by atoms with van der Waals surface area (Å²) in [5, 5.41) is 9.40. The van der Waals surface area contributed by atoms with Crippen LogP contribution in [0.25, 0.3) is 22.0 Å². The van der Waals surface area contributed by atoms with Gasteiger partial charge in [0, 0.05) is 59.4 Å². The lowest BCUT2D eigenvalue weighted by Gasteiger charge is -2.23. The van der Waals surface area contributed by atoms with Gasteiger partial charge in [-0.05, 0) is 74.4 Å². The zero-order valence-corrected chi connectivity index (χ0v) is 37.9. The summed E-state index contributed by atoms with van der Waals surface area (Å²) in [6.45, 7) is 2.46. The van der Waals surface area contributed by atoms with Crippen molar-refractivity contribution in [2.45, 2.75) is 95.0 Å². The van der Waals surface area contributed by atoms with E-state index in [1.54, 1.807) is 13.8 Å². The molecule has 0 saturated heterocycles. The Morgan fingerprint density at radius 3 is 2.18 bits per heavy atom. The first-order valence-electron chi connectivity index (χ1n) is 19.6. The van der Waals surface area contributed by atoms with Gasteiger partial charge in [0.25, 0.3) is 5.92 Å². The summed E-state index contributed by atoms with van der Waals surface area (Å²) in [7, 11) is -3.74. The van der Waals surface area contributed by atoms with Crippen molar-refractivity contribution in [2.24, 2.45) is 0 Å². The summed E-state index contributed by atoms with van der Waals surface area (Å²) < 4.78 is 172. The van der Waals surface area contributed by atoms with Crippen LogP contribution in [0.2, 0.25) is 5.02 Å². The number of benzene rings is 2. The minimum Gasteiger partial charge on any atom is -0.346 e. The van der Waals surface area contributed by atoms with Crippen molar-refractivity contribution in [3.05, 3.63) is 93.0 Å². The Kier molecular flexibility index (Phi) is 14.0. The molecule has 0 radical (unpaired) electrons. The Balaban J connectivity index is 1.63. The van der Waals surface area contributed by atoms with Crippen molar-refractivity contribution in [1.29, 1.82) is 0 Å². The molecule has 0 fully saturated rings. The summed E-state index contributed by atoms with van der Waals surface area (Å²) >= 11 is 6.60. The Labute approximate surface area is 380 Å². The molecule has 0 saturated carbocycles. The molecule has 354 valence electrons. The number of nitrogens with one attached hydrogen (secondary N) is 1. The van der Waals surface area contributed by atoms with E-state index in [0.717, 1.165) is 25.3 Å². The van der Waals surface area contributed by atoms with Gasteiger partial charge in [0.1, 0.15) is 51.8 Å². The van der Waals surface area contributed by atoms with Crippen molar-refractivity contribution >= 4 is 61.9 Å². The molecule has 0 spiro atoms. The normalized spacial score (nSPS) is 16.3. The number of pyridine rings is 1. The molecule has 3 heterocycles. The largest absolute Gasteiger partial charge is 0.435 e. The number of amides is 2. The van der Waals surface area contributed by atoms with Crippen molar-refractivity contribution < 1.29 is 61.9 Å². The maximum Gasteiger partial charge on any atom is 0.435 e. The lowest BCUT2D eigenvalue weighted by atomic mass is 9.93. The first kappa shape index (κ1) is 50.1. The summed E-state index contributed by atoms with van der Waals surface area (Å²) in [6, 6.07) is 5.67. The second kappa shape index (κ2) is 18.4. The summed E-state index contributed by atoms with van der Waals surface area (Å²) in [6.07, 6.45) is -9.41. The number of aromatic nitrogens is 5. The van der Waals surface area contributed by atoms with Gasteiger partial charge < -0.3 is 5.32 Å². The summed E-state index contributed by atoms with van der Waals surface area (Å²) in [5.41, 5.74) is -4.79. The fourth-order valence-electron chi connectivity index (χ4n) is 7.67. The van der Waals surface area contributed by atoms with E-state index in [9.17, 15) is 53.1 Å². The van der Waals surface area contributed by atoms with Gasteiger partial charge in [-0.2, -0.15) is 45.3 Å². The Morgan fingerprint density at radius 2 is 1.62 bits per heavy atom. The van der Waals surface area contributed by atoms with Crippen LogP contribution in [0.4, 0.5) is 49.7 Å². The van der Waals surface area contributed by atoms with Gasteiger partial charge in [0.2, 0.25) is 11.8 Å². The first-order chi connectivity index (χ1) is 30.5. The molecule has 6 rings (SSSR count). The Morgan fingerprint density at radius 1 is 0.985 bits per heavy atom. The van der Waals surface area contributed by atoms with Gasteiger partial charge >= 0.3 is 12.4 Å². The molecule has 1 aliphatic carbocycles. The van der Waals surface area contributed by atoms with Crippen molar-refractivity contribution in [3.63, 3.8) is 0 Å². The van der Waals surface area contributed by atoms with E-state index in [-0.39, 0.29) is 49.6 Å². The fraction of sp³-hybridized carbons (Fsp3) is 0.405. The minimum absolute atomic E-state index is 0.110. The molecule has 0 aliphatic heterocycles. The second-order valence-corrected chi connectivity index (χ2v) is 19.4. The molecule has 11 nitrogen and oxygen atoms in total. The summed E-state index contributed by atoms with van der Waals surface area (Å²) in [5.74, 6) is -4.39. The van der Waals surface area contributed by atoms with Crippen molar-refractivity contribution in [1.82, 2.24) is 29.9 Å². The van der Waals surface area contributed by atoms with E-state index in [1.807, 2.05) is 0 Å². The van der Waals surface area contributed by atoms with Gasteiger partial charge in [-0.25, -0.2) is 22.3 Å². The van der Waals surface area contributed by atoms with Crippen molar-refractivity contribution in [3.8, 4) is 23.0 Å². The molecule has 4 atom stereocenters. The topological polar surface area (TPSA) is 132 Å². The van der Waals surface area contributed by atoms with Crippen LogP contribution in [0.5, 0.6) is 0 Å². The molecular weight excluding hydrogens is 956 g/mol. The Hall–Kier alpha value is -5.34. The molecule has 0 bridgehead atoms. The highest BCUT2D eigenvalue weighted by Crippen LogP contribution is 2.53. The molecular formula is C42H38ClF10N7O4S2. The van der Waals surface area contributed by atoms with Crippen LogP contribution >= 0.6 is 11.6 Å². The quantitative estimate of drug-likeness (QED) is 0.0975. The molecule has 24 heteroatoms. The van der Waals surface area contributed by atoms with Crippen LogP contribution in [0.15, 0.2) is 42.5 Å². The predicted octanol–water partition coefficient (Wildman–Crippen LogP) is 9.05. The van der Waals surface area contributed by atoms with Crippen LogP contribution in [0, 0.1) is 23.5 Å². The SMILES string of the molecule is CC[C@H]1CC(F)(F)c2c1c(C(F)(F)F)nn2CC(=O)NC(Cc1cc(F)cc(F)c1)c1nc(C#CC(C)(C)S(C)=O)ccc1-c1ccc(Cl)c2c(N(C(C)=O)S(C)=O)nn(CC(F)(F)F)c12. The second-order valence-electron chi connectivity index (χ2n) is 15.9. The highest BCUT2D eigenvalue weighted by molar-refractivity contribution is 7.86. The number of hydrogen-bond acceptors (Lipinski definition) is 7. The smallest absolute Gasteiger partial charge is 0.346 e. The third-order valence-corrected chi connectivity index (χ3v) is 13.4. The van der Waals surface area contributed by atoms with Gasteiger partial charge in [0.15, 0.2) is 11.5 Å². The number of anilines is 1. The highest BCUT2D eigenvalue weighted by atomic mass is 35.5. The number of hydrogen-bond donors (Lipinski definition) is 1. The molecule has 1 N–H and O–H groups in total. The summed E-state index contributed by atoms with van der Waals surface area (Å²) in [4.78, 5) is 31.5. The molecule has 3 unspecified atom stereocenters. The molecule has 66 heavy (non-hydrogen) atoms. The van der Waals surface area contributed by atoms with E-state index in [1.165, 1.54) is 37.4 Å². The van der Waals surface area contributed by atoms with Crippen LogP contribution < -0.4 is 9.62 Å². The Bertz CT molecular complexity index is 2830.